The van der Waals surface area contributed by atoms with E-state index >= 15 is 0 Å². The fourth-order valence-electron chi connectivity index (χ4n) is 3.01. The van der Waals surface area contributed by atoms with Gasteiger partial charge >= 0.3 is 0 Å². The Bertz CT molecular complexity index is 937. The van der Waals surface area contributed by atoms with Crippen molar-refractivity contribution < 1.29 is 0 Å². The highest BCUT2D eigenvalue weighted by molar-refractivity contribution is 6.31. The van der Waals surface area contributed by atoms with E-state index in [2.05, 4.69) is 29.7 Å². The molecule has 1 N–H and O–H groups in total. The first-order valence-electron chi connectivity index (χ1n) is 8.12. The first kappa shape index (κ1) is 16.0. The van der Waals surface area contributed by atoms with Gasteiger partial charge in [-0.3, -0.25) is 9.69 Å². The molecule has 7 nitrogen and oxygen atoms in total. The molecule has 0 saturated carbocycles. The number of hydrogen-bond acceptors (Lipinski definition) is 6. The summed E-state index contributed by atoms with van der Waals surface area (Å²) in [7, 11) is 0. The summed E-state index contributed by atoms with van der Waals surface area (Å²) in [6.45, 7) is 3.99. The van der Waals surface area contributed by atoms with Crippen molar-refractivity contribution in [3.05, 3.63) is 57.9 Å². The minimum atomic E-state index is -0.131. The second-order valence-electron chi connectivity index (χ2n) is 5.99. The Balaban J connectivity index is 1.47. The highest BCUT2D eigenvalue weighted by Gasteiger charge is 2.19. The second kappa shape index (κ2) is 6.78. The van der Waals surface area contributed by atoms with Gasteiger partial charge in [0, 0.05) is 43.6 Å². The van der Waals surface area contributed by atoms with Gasteiger partial charge in [0.15, 0.2) is 0 Å². The van der Waals surface area contributed by atoms with Crippen LogP contribution in [-0.2, 0) is 6.54 Å². The molecule has 0 amide bonds. The molecule has 0 radical (unpaired) electrons. The Morgan fingerprint density at radius 2 is 1.88 bits per heavy atom. The molecular weight excluding hydrogens is 340 g/mol. The van der Waals surface area contributed by atoms with E-state index in [0.717, 1.165) is 32.1 Å². The van der Waals surface area contributed by atoms with Crippen LogP contribution in [0.3, 0.4) is 0 Å². The predicted octanol–water partition coefficient (Wildman–Crippen LogP) is 1.69. The van der Waals surface area contributed by atoms with E-state index in [1.807, 2.05) is 6.07 Å². The zero-order valence-electron chi connectivity index (χ0n) is 13.5. The molecule has 3 heterocycles. The zero-order valence-corrected chi connectivity index (χ0v) is 14.3. The monoisotopic (exact) mass is 356 g/mol. The van der Waals surface area contributed by atoms with Gasteiger partial charge < -0.3 is 9.88 Å². The van der Waals surface area contributed by atoms with Gasteiger partial charge in [0.25, 0.3) is 5.56 Å². The van der Waals surface area contributed by atoms with Crippen molar-refractivity contribution in [1.29, 1.82) is 0 Å². The fourth-order valence-corrected chi connectivity index (χ4v) is 3.17. The molecule has 0 spiro atoms. The van der Waals surface area contributed by atoms with Crippen molar-refractivity contribution in [2.45, 2.75) is 6.54 Å². The standard InChI is InChI=1S/C17H17ClN6O/c18-12-2-3-13-14(10-12)21-15(22-16(13)25)11-23-6-8-24(9-7-23)17-19-4-1-5-20-17/h1-5,10H,6-9,11H2,(H,21,22,25). The van der Waals surface area contributed by atoms with Crippen LogP contribution in [0.15, 0.2) is 41.5 Å². The van der Waals surface area contributed by atoms with Crippen LogP contribution < -0.4 is 10.5 Å². The van der Waals surface area contributed by atoms with Crippen LogP contribution >= 0.6 is 11.6 Å². The van der Waals surface area contributed by atoms with Crippen molar-refractivity contribution in [2.75, 3.05) is 31.1 Å². The van der Waals surface area contributed by atoms with E-state index in [9.17, 15) is 4.79 Å². The number of piperazine rings is 1. The second-order valence-corrected chi connectivity index (χ2v) is 6.42. The summed E-state index contributed by atoms with van der Waals surface area (Å²) < 4.78 is 0. The van der Waals surface area contributed by atoms with Gasteiger partial charge in [-0.05, 0) is 24.3 Å². The maximum Gasteiger partial charge on any atom is 0.258 e. The normalized spacial score (nSPS) is 15.6. The van der Waals surface area contributed by atoms with Crippen LogP contribution in [0.2, 0.25) is 5.02 Å². The molecule has 1 aliphatic heterocycles. The minimum Gasteiger partial charge on any atom is -0.338 e. The molecule has 128 valence electrons. The van der Waals surface area contributed by atoms with Crippen molar-refractivity contribution in [3.8, 4) is 0 Å². The number of nitrogens with zero attached hydrogens (tertiary/aromatic N) is 5. The minimum absolute atomic E-state index is 0.131. The summed E-state index contributed by atoms with van der Waals surface area (Å²) in [4.78, 5) is 32.6. The van der Waals surface area contributed by atoms with Crippen LogP contribution in [0.4, 0.5) is 5.95 Å². The number of benzene rings is 1. The largest absolute Gasteiger partial charge is 0.338 e. The molecule has 1 aromatic carbocycles. The Morgan fingerprint density at radius 1 is 1.12 bits per heavy atom. The number of halogens is 1. The molecule has 25 heavy (non-hydrogen) atoms. The lowest BCUT2D eigenvalue weighted by Crippen LogP contribution is -2.46. The summed E-state index contributed by atoms with van der Waals surface area (Å²) in [6, 6.07) is 6.94. The average molecular weight is 357 g/mol. The van der Waals surface area contributed by atoms with E-state index in [-0.39, 0.29) is 5.56 Å². The predicted molar refractivity (Wildman–Crippen MR) is 96.9 cm³/mol. The van der Waals surface area contributed by atoms with E-state index in [4.69, 9.17) is 11.6 Å². The number of hydrogen-bond donors (Lipinski definition) is 1. The smallest absolute Gasteiger partial charge is 0.258 e. The van der Waals surface area contributed by atoms with Gasteiger partial charge in [-0.25, -0.2) is 15.0 Å². The number of rotatable bonds is 3. The molecule has 1 saturated heterocycles. The van der Waals surface area contributed by atoms with Gasteiger partial charge in [-0.2, -0.15) is 0 Å². The van der Waals surface area contributed by atoms with E-state index in [0.29, 0.717) is 28.3 Å². The van der Waals surface area contributed by atoms with Crippen LogP contribution in [0, 0.1) is 0 Å². The van der Waals surface area contributed by atoms with Gasteiger partial charge in [-0.15, -0.1) is 0 Å². The summed E-state index contributed by atoms with van der Waals surface area (Å²) in [5.74, 6) is 1.42. The molecule has 0 unspecified atom stereocenters. The lowest BCUT2D eigenvalue weighted by atomic mass is 10.2. The first-order valence-corrected chi connectivity index (χ1v) is 8.49. The highest BCUT2D eigenvalue weighted by Crippen LogP contribution is 2.16. The van der Waals surface area contributed by atoms with E-state index < -0.39 is 0 Å². The first-order chi connectivity index (χ1) is 12.2. The number of H-pyrrole nitrogens is 1. The highest BCUT2D eigenvalue weighted by atomic mass is 35.5. The van der Waals surface area contributed by atoms with Crippen LogP contribution in [-0.4, -0.2) is 51.0 Å². The molecule has 3 aromatic rings. The number of aromatic amines is 1. The number of anilines is 1. The zero-order chi connectivity index (χ0) is 17.2. The fraction of sp³-hybridized carbons (Fsp3) is 0.294. The molecule has 4 rings (SSSR count). The quantitative estimate of drug-likeness (QED) is 0.769. The van der Waals surface area contributed by atoms with Gasteiger partial charge in [0.1, 0.15) is 5.82 Å². The molecule has 2 aromatic heterocycles. The number of aromatic nitrogens is 4. The van der Waals surface area contributed by atoms with Crippen LogP contribution in [0.25, 0.3) is 10.9 Å². The Labute approximate surface area is 149 Å². The molecule has 1 fully saturated rings. The summed E-state index contributed by atoms with van der Waals surface area (Å²) in [6.07, 6.45) is 3.51. The molecule has 0 bridgehead atoms. The average Bonchev–Trinajstić information content (AvgIpc) is 2.63. The SMILES string of the molecule is O=c1[nH]c(CN2CCN(c3ncccn3)CC2)nc2cc(Cl)ccc12. The van der Waals surface area contributed by atoms with Crippen molar-refractivity contribution in [2.24, 2.45) is 0 Å². The van der Waals surface area contributed by atoms with Crippen molar-refractivity contribution >= 4 is 28.5 Å². The topological polar surface area (TPSA) is 78.0 Å². The number of nitrogens with one attached hydrogen (secondary N) is 1. The van der Waals surface area contributed by atoms with Crippen LogP contribution in [0.5, 0.6) is 0 Å². The Kier molecular flexibility index (Phi) is 4.33. The number of fused-ring (bicyclic) bond motifs is 1. The van der Waals surface area contributed by atoms with Gasteiger partial charge in [0.05, 0.1) is 17.4 Å². The van der Waals surface area contributed by atoms with Crippen molar-refractivity contribution in [1.82, 2.24) is 24.8 Å². The van der Waals surface area contributed by atoms with Crippen LogP contribution in [0.1, 0.15) is 5.82 Å². The maximum atomic E-state index is 12.2. The Morgan fingerprint density at radius 3 is 2.64 bits per heavy atom. The molecule has 0 atom stereocenters. The Hall–Kier alpha value is -2.51. The van der Waals surface area contributed by atoms with E-state index in [1.54, 1.807) is 30.6 Å². The van der Waals surface area contributed by atoms with Gasteiger partial charge in [0.2, 0.25) is 5.95 Å². The maximum absolute atomic E-state index is 12.2. The summed E-state index contributed by atoms with van der Waals surface area (Å²) in [5, 5.41) is 1.13. The third-order valence-electron chi connectivity index (χ3n) is 4.30. The third-order valence-corrected chi connectivity index (χ3v) is 4.53. The van der Waals surface area contributed by atoms with Crippen molar-refractivity contribution in [3.63, 3.8) is 0 Å². The summed E-state index contributed by atoms with van der Waals surface area (Å²) in [5.41, 5.74) is 0.496. The summed E-state index contributed by atoms with van der Waals surface area (Å²) >= 11 is 6.01. The molecule has 1 aliphatic rings. The van der Waals surface area contributed by atoms with E-state index in [1.165, 1.54) is 0 Å². The molecule has 8 heteroatoms. The lowest BCUT2D eigenvalue weighted by molar-refractivity contribution is 0.243. The lowest BCUT2D eigenvalue weighted by Gasteiger charge is -2.34. The molecular formula is C17H17ClN6O. The van der Waals surface area contributed by atoms with Gasteiger partial charge in [-0.1, -0.05) is 11.6 Å². The third kappa shape index (κ3) is 3.47. The molecule has 0 aliphatic carbocycles.